The zero-order valence-corrected chi connectivity index (χ0v) is 16.5. The number of aliphatic hydroxyl groups is 1. The molecule has 0 spiro atoms. The number of aromatic hydroxyl groups is 1. The van der Waals surface area contributed by atoms with Crippen LogP contribution in [0, 0.1) is 6.92 Å². The van der Waals surface area contributed by atoms with Gasteiger partial charge < -0.3 is 24.6 Å². The lowest BCUT2D eigenvalue weighted by atomic mass is 9.94. The summed E-state index contributed by atoms with van der Waals surface area (Å²) in [6.45, 7) is 2.25. The van der Waals surface area contributed by atoms with E-state index in [0.717, 1.165) is 5.56 Å². The highest BCUT2D eigenvalue weighted by atomic mass is 16.5. The summed E-state index contributed by atoms with van der Waals surface area (Å²) in [5, 5.41) is 20.6. The van der Waals surface area contributed by atoms with E-state index in [0.29, 0.717) is 16.9 Å². The first kappa shape index (κ1) is 20.4. The Hall–Kier alpha value is -3.32. The highest BCUT2D eigenvalue weighted by Gasteiger charge is 2.45. The minimum absolute atomic E-state index is 0.00126. The van der Waals surface area contributed by atoms with Gasteiger partial charge in [0, 0.05) is 19.2 Å². The zero-order chi connectivity index (χ0) is 21.1. The largest absolute Gasteiger partial charge is 0.508 e. The Labute approximate surface area is 168 Å². The van der Waals surface area contributed by atoms with E-state index in [4.69, 9.17) is 9.47 Å². The number of nitrogens with zero attached hydrogens (tertiary/aromatic N) is 1. The third-order valence-corrected chi connectivity index (χ3v) is 4.95. The molecule has 1 aliphatic rings. The summed E-state index contributed by atoms with van der Waals surface area (Å²) < 4.78 is 10.3. The Kier molecular flexibility index (Phi) is 5.89. The first-order valence-corrected chi connectivity index (χ1v) is 9.10. The zero-order valence-electron chi connectivity index (χ0n) is 16.5. The highest BCUT2D eigenvalue weighted by Crippen LogP contribution is 2.40. The van der Waals surface area contributed by atoms with Crippen molar-refractivity contribution in [1.82, 2.24) is 4.90 Å². The van der Waals surface area contributed by atoms with Crippen LogP contribution in [-0.2, 0) is 14.3 Å². The number of rotatable bonds is 6. The summed E-state index contributed by atoms with van der Waals surface area (Å²) in [6.07, 6.45) is 0. The molecule has 29 heavy (non-hydrogen) atoms. The third kappa shape index (κ3) is 3.82. The van der Waals surface area contributed by atoms with Gasteiger partial charge in [0.1, 0.15) is 17.3 Å². The predicted octanol–water partition coefficient (Wildman–Crippen LogP) is 2.78. The average molecular weight is 397 g/mol. The molecule has 0 aromatic heterocycles. The first-order chi connectivity index (χ1) is 13.9. The normalized spacial score (nSPS) is 18.3. The lowest BCUT2D eigenvalue weighted by Gasteiger charge is -2.25. The summed E-state index contributed by atoms with van der Waals surface area (Å²) in [6, 6.07) is 10.4. The third-order valence-electron chi connectivity index (χ3n) is 4.95. The minimum atomic E-state index is -0.784. The van der Waals surface area contributed by atoms with Gasteiger partial charge in [-0.15, -0.1) is 0 Å². The second-order valence-corrected chi connectivity index (χ2v) is 6.76. The average Bonchev–Trinajstić information content (AvgIpc) is 2.96. The molecule has 3 rings (SSSR count). The highest BCUT2D eigenvalue weighted by molar-refractivity contribution is 6.46. The number of methoxy groups -OCH3 is 2. The second-order valence-electron chi connectivity index (χ2n) is 6.76. The number of Topliss-reactive ketones (excluding diaryl/α,β-unsaturated/α-hetero) is 1. The standard InChI is InChI=1S/C22H23NO6/c1-13-12-15(6-9-17(13)29-3)20(25)18-19(14-4-7-16(24)8-5-14)23(10-11-28-2)22(27)21(18)26/h4-9,12,19,24-25H,10-11H2,1-3H3/t19-/m1/s1. The molecule has 1 fully saturated rings. The van der Waals surface area contributed by atoms with Crippen LogP contribution in [0.1, 0.15) is 22.7 Å². The summed E-state index contributed by atoms with van der Waals surface area (Å²) in [4.78, 5) is 26.9. The number of phenols is 1. The van der Waals surface area contributed by atoms with Crippen molar-refractivity contribution in [3.05, 3.63) is 64.7 Å². The topological polar surface area (TPSA) is 96.3 Å². The van der Waals surface area contributed by atoms with E-state index >= 15 is 0 Å². The number of carbonyl (C=O) groups excluding carboxylic acids is 2. The maximum atomic E-state index is 12.8. The molecule has 0 bridgehead atoms. The number of carbonyl (C=O) groups is 2. The molecular weight excluding hydrogens is 374 g/mol. The van der Waals surface area contributed by atoms with E-state index in [1.165, 1.54) is 24.1 Å². The molecule has 152 valence electrons. The van der Waals surface area contributed by atoms with Crippen molar-refractivity contribution in [1.29, 1.82) is 0 Å². The molecule has 1 saturated heterocycles. The van der Waals surface area contributed by atoms with Crippen LogP contribution in [0.15, 0.2) is 48.0 Å². The monoisotopic (exact) mass is 397 g/mol. The molecule has 1 aliphatic heterocycles. The summed E-state index contributed by atoms with van der Waals surface area (Å²) in [7, 11) is 3.06. The summed E-state index contributed by atoms with van der Waals surface area (Å²) in [5.41, 5.74) is 1.80. The van der Waals surface area contributed by atoms with Crippen LogP contribution in [0.5, 0.6) is 11.5 Å². The van der Waals surface area contributed by atoms with Crippen molar-refractivity contribution in [2.75, 3.05) is 27.4 Å². The molecule has 0 unspecified atom stereocenters. The molecular formula is C22H23NO6. The van der Waals surface area contributed by atoms with Gasteiger partial charge >= 0.3 is 0 Å². The predicted molar refractivity (Wildman–Crippen MR) is 107 cm³/mol. The Morgan fingerprint density at radius 2 is 1.79 bits per heavy atom. The van der Waals surface area contributed by atoms with Gasteiger partial charge in [0.05, 0.1) is 25.3 Å². The van der Waals surface area contributed by atoms with Crippen molar-refractivity contribution in [2.24, 2.45) is 0 Å². The number of benzene rings is 2. The first-order valence-electron chi connectivity index (χ1n) is 9.10. The molecule has 7 nitrogen and oxygen atoms in total. The van der Waals surface area contributed by atoms with Crippen LogP contribution in [0.3, 0.4) is 0 Å². The van der Waals surface area contributed by atoms with E-state index in [2.05, 4.69) is 0 Å². The van der Waals surface area contributed by atoms with Crippen LogP contribution < -0.4 is 4.74 Å². The fourth-order valence-electron chi connectivity index (χ4n) is 3.48. The Balaban J connectivity index is 2.15. The number of likely N-dealkylation sites (tertiary alicyclic amines) is 1. The quantitative estimate of drug-likeness (QED) is 0.442. The van der Waals surface area contributed by atoms with Crippen molar-refractivity contribution in [3.63, 3.8) is 0 Å². The fraction of sp³-hybridized carbons (Fsp3) is 0.273. The van der Waals surface area contributed by atoms with Gasteiger partial charge in [-0.05, 0) is 48.4 Å². The lowest BCUT2D eigenvalue weighted by molar-refractivity contribution is -0.140. The molecule has 0 saturated carbocycles. The lowest BCUT2D eigenvalue weighted by Crippen LogP contribution is -2.32. The van der Waals surface area contributed by atoms with Gasteiger partial charge in [-0.25, -0.2) is 0 Å². The molecule has 2 aromatic rings. The number of hydrogen-bond donors (Lipinski definition) is 2. The van der Waals surface area contributed by atoms with Gasteiger partial charge in [0.15, 0.2) is 0 Å². The SMILES string of the molecule is COCCN1C(=O)C(=O)C(=C(O)c2ccc(OC)c(C)c2)[C@H]1c1ccc(O)cc1. The summed E-state index contributed by atoms with van der Waals surface area (Å²) in [5.74, 6) is -1.00. The number of amides is 1. The molecule has 0 aliphatic carbocycles. The van der Waals surface area contributed by atoms with Crippen LogP contribution in [0.2, 0.25) is 0 Å². The van der Waals surface area contributed by atoms with E-state index in [9.17, 15) is 19.8 Å². The molecule has 0 radical (unpaired) electrons. The fourth-order valence-corrected chi connectivity index (χ4v) is 3.48. The van der Waals surface area contributed by atoms with Crippen LogP contribution in [0.4, 0.5) is 0 Å². The molecule has 1 heterocycles. The Morgan fingerprint density at radius 3 is 2.38 bits per heavy atom. The number of ether oxygens (including phenoxy) is 2. The van der Waals surface area contributed by atoms with E-state index in [-0.39, 0.29) is 30.2 Å². The van der Waals surface area contributed by atoms with Crippen LogP contribution in [0.25, 0.3) is 5.76 Å². The number of hydrogen-bond acceptors (Lipinski definition) is 6. The maximum absolute atomic E-state index is 12.8. The summed E-state index contributed by atoms with van der Waals surface area (Å²) >= 11 is 0. The molecule has 1 atom stereocenters. The Bertz CT molecular complexity index is 964. The van der Waals surface area contributed by atoms with Crippen molar-refractivity contribution in [3.8, 4) is 11.5 Å². The Morgan fingerprint density at radius 1 is 1.10 bits per heavy atom. The van der Waals surface area contributed by atoms with E-state index < -0.39 is 17.7 Å². The van der Waals surface area contributed by atoms with Crippen molar-refractivity contribution in [2.45, 2.75) is 13.0 Å². The van der Waals surface area contributed by atoms with Gasteiger partial charge in [-0.1, -0.05) is 12.1 Å². The van der Waals surface area contributed by atoms with Gasteiger partial charge in [-0.3, -0.25) is 9.59 Å². The van der Waals surface area contributed by atoms with Crippen LogP contribution in [-0.4, -0.2) is 54.2 Å². The number of phenolic OH excluding ortho intramolecular Hbond substituents is 1. The van der Waals surface area contributed by atoms with Gasteiger partial charge in [0.25, 0.3) is 11.7 Å². The van der Waals surface area contributed by atoms with Gasteiger partial charge in [0.2, 0.25) is 0 Å². The van der Waals surface area contributed by atoms with Crippen molar-refractivity contribution < 1.29 is 29.3 Å². The van der Waals surface area contributed by atoms with E-state index in [1.54, 1.807) is 37.4 Å². The molecule has 2 aromatic carbocycles. The van der Waals surface area contributed by atoms with Crippen LogP contribution >= 0.6 is 0 Å². The van der Waals surface area contributed by atoms with Gasteiger partial charge in [-0.2, -0.15) is 0 Å². The van der Waals surface area contributed by atoms with Crippen molar-refractivity contribution >= 4 is 17.4 Å². The smallest absolute Gasteiger partial charge is 0.295 e. The molecule has 2 N–H and O–H groups in total. The number of aryl methyl sites for hydroxylation is 1. The molecule has 7 heteroatoms. The molecule has 1 amide bonds. The maximum Gasteiger partial charge on any atom is 0.295 e. The van der Waals surface area contributed by atoms with E-state index in [1.807, 2.05) is 6.92 Å². The second kappa shape index (κ2) is 8.36. The minimum Gasteiger partial charge on any atom is -0.508 e. The number of aliphatic hydroxyl groups excluding tert-OH is 1. The number of ketones is 1.